The Kier molecular flexibility index (Phi) is 6.92. The second-order valence-electron chi connectivity index (χ2n) is 9.07. The molecule has 0 radical (unpaired) electrons. The van der Waals surface area contributed by atoms with Crippen molar-refractivity contribution in [3.63, 3.8) is 0 Å². The van der Waals surface area contributed by atoms with Gasteiger partial charge >= 0.3 is 0 Å². The van der Waals surface area contributed by atoms with E-state index in [9.17, 15) is 9.59 Å². The van der Waals surface area contributed by atoms with Gasteiger partial charge in [0.05, 0.1) is 23.7 Å². The van der Waals surface area contributed by atoms with Crippen LogP contribution >= 0.6 is 24.0 Å². The number of allylic oxidation sites excluding steroid dienone is 1. The summed E-state index contributed by atoms with van der Waals surface area (Å²) in [4.78, 5) is 29.8. The Morgan fingerprint density at radius 1 is 0.892 bits per heavy atom. The molecule has 0 fully saturated rings. The fourth-order valence-electron chi connectivity index (χ4n) is 5.22. The van der Waals surface area contributed by atoms with Crippen LogP contribution in [-0.2, 0) is 4.79 Å². The predicted octanol–water partition coefficient (Wildman–Crippen LogP) is 7.57. The maximum atomic E-state index is 14.1. The summed E-state index contributed by atoms with van der Waals surface area (Å²) < 4.78 is 5.66. The van der Waals surface area contributed by atoms with Crippen LogP contribution in [0.2, 0.25) is 5.02 Å². The molecule has 186 valence electrons. The Bertz CT molecular complexity index is 1460. The van der Waals surface area contributed by atoms with Crippen LogP contribution in [0.4, 0.5) is 11.4 Å². The molecule has 2 aliphatic rings. The Morgan fingerprint density at radius 2 is 1.62 bits per heavy atom. The van der Waals surface area contributed by atoms with Crippen LogP contribution < -0.4 is 10.2 Å². The fraction of sp³-hybridized carbons (Fsp3) is 0.133. The number of carbonyl (C=O) groups is 2. The van der Waals surface area contributed by atoms with Crippen LogP contribution in [0.5, 0.6) is 0 Å². The standard InChI is InChI=1S/C30H23ClN2O3.ClH/c31-22-14-12-20(13-15-22)30(35)33-25-10-5-4-9-23(25)32-24-17-21(27-11-6-16-36-27)18-26(34)28(24)29(33)19-7-2-1-3-8-19;/h1-16,21,29,32H,17-18H2;1H. The highest BCUT2D eigenvalue weighted by atomic mass is 35.5. The van der Waals surface area contributed by atoms with Crippen molar-refractivity contribution >= 4 is 47.1 Å². The van der Waals surface area contributed by atoms with Gasteiger partial charge in [0.1, 0.15) is 5.76 Å². The molecule has 5 nitrogen and oxygen atoms in total. The number of carbonyl (C=O) groups excluding carboxylic acids is 2. The minimum absolute atomic E-state index is 0. The average Bonchev–Trinajstić information content (AvgIpc) is 3.39. The number of nitrogens with one attached hydrogen (secondary N) is 1. The van der Waals surface area contributed by atoms with Gasteiger partial charge in [-0.25, -0.2) is 0 Å². The van der Waals surface area contributed by atoms with Crippen LogP contribution in [-0.4, -0.2) is 11.7 Å². The zero-order chi connectivity index (χ0) is 24.6. The van der Waals surface area contributed by atoms with Gasteiger partial charge in [-0.1, -0.05) is 54.1 Å². The number of furan rings is 1. The monoisotopic (exact) mass is 530 g/mol. The van der Waals surface area contributed by atoms with Crippen molar-refractivity contribution in [1.29, 1.82) is 0 Å². The molecular weight excluding hydrogens is 507 g/mol. The quantitative estimate of drug-likeness (QED) is 0.296. The van der Waals surface area contributed by atoms with E-state index in [1.165, 1.54) is 0 Å². The van der Waals surface area contributed by atoms with E-state index in [0.717, 1.165) is 22.7 Å². The molecule has 37 heavy (non-hydrogen) atoms. The number of anilines is 2. The summed E-state index contributed by atoms with van der Waals surface area (Å²) in [5.41, 5.74) is 4.29. The number of hydrogen-bond acceptors (Lipinski definition) is 4. The summed E-state index contributed by atoms with van der Waals surface area (Å²) in [5.74, 6) is 0.519. The SMILES string of the molecule is Cl.O=C1CC(c2ccco2)CC2=C1C(c1ccccc1)N(C(=O)c1ccc(Cl)cc1)c1ccccc1N2. The van der Waals surface area contributed by atoms with Crippen molar-refractivity contribution in [2.45, 2.75) is 24.8 Å². The lowest BCUT2D eigenvalue weighted by atomic mass is 9.80. The number of halogens is 2. The predicted molar refractivity (Wildman–Crippen MR) is 147 cm³/mol. The Hall–Kier alpha value is -3.80. The van der Waals surface area contributed by atoms with E-state index in [0.29, 0.717) is 34.7 Å². The third-order valence-corrected chi connectivity index (χ3v) is 7.11. The van der Waals surface area contributed by atoms with Gasteiger partial charge in [0.25, 0.3) is 5.91 Å². The molecule has 6 rings (SSSR count). The first-order valence-corrected chi connectivity index (χ1v) is 12.3. The van der Waals surface area contributed by atoms with Gasteiger partial charge < -0.3 is 9.73 Å². The highest BCUT2D eigenvalue weighted by molar-refractivity contribution is 6.30. The van der Waals surface area contributed by atoms with E-state index in [4.69, 9.17) is 16.0 Å². The fourth-order valence-corrected chi connectivity index (χ4v) is 5.35. The molecule has 7 heteroatoms. The van der Waals surface area contributed by atoms with Crippen LogP contribution in [0.1, 0.15) is 46.5 Å². The number of nitrogens with zero attached hydrogens (tertiary/aromatic N) is 1. The first kappa shape index (κ1) is 24.9. The van der Waals surface area contributed by atoms with Gasteiger partial charge in [0.15, 0.2) is 5.78 Å². The summed E-state index contributed by atoms with van der Waals surface area (Å²) in [7, 11) is 0. The number of para-hydroxylation sites is 2. The van der Waals surface area contributed by atoms with Gasteiger partial charge in [-0.15, -0.1) is 12.4 Å². The molecule has 2 heterocycles. The van der Waals surface area contributed by atoms with Crippen LogP contribution in [0.25, 0.3) is 0 Å². The molecule has 1 aromatic heterocycles. The number of hydrogen-bond donors (Lipinski definition) is 1. The summed E-state index contributed by atoms with van der Waals surface area (Å²) >= 11 is 6.11. The molecule has 1 aliphatic carbocycles. The van der Waals surface area contributed by atoms with E-state index < -0.39 is 6.04 Å². The molecule has 1 aliphatic heterocycles. The summed E-state index contributed by atoms with van der Waals surface area (Å²) in [5, 5.41) is 4.09. The minimum atomic E-state index is -0.592. The van der Waals surface area contributed by atoms with Crippen molar-refractivity contribution in [2.75, 3.05) is 10.2 Å². The number of fused-ring (bicyclic) bond motifs is 1. The largest absolute Gasteiger partial charge is 0.469 e. The maximum Gasteiger partial charge on any atom is 0.259 e. The van der Waals surface area contributed by atoms with Gasteiger partial charge in [-0.2, -0.15) is 0 Å². The number of benzene rings is 3. The van der Waals surface area contributed by atoms with Gasteiger partial charge in [0, 0.05) is 34.2 Å². The molecule has 1 amide bonds. The maximum absolute atomic E-state index is 14.1. The lowest BCUT2D eigenvalue weighted by Gasteiger charge is -2.35. The number of amides is 1. The molecular formula is C30H24Cl2N2O3. The smallest absolute Gasteiger partial charge is 0.259 e. The lowest BCUT2D eigenvalue weighted by Crippen LogP contribution is -2.38. The highest BCUT2D eigenvalue weighted by Crippen LogP contribution is 2.47. The van der Waals surface area contributed by atoms with Crippen molar-refractivity contribution in [2.24, 2.45) is 0 Å². The second-order valence-corrected chi connectivity index (χ2v) is 9.51. The molecule has 0 spiro atoms. The number of rotatable bonds is 3. The first-order valence-electron chi connectivity index (χ1n) is 11.9. The molecule has 1 N–H and O–H groups in total. The molecule has 2 unspecified atom stereocenters. The molecule has 0 bridgehead atoms. The van der Waals surface area contributed by atoms with Gasteiger partial charge in [-0.3, -0.25) is 14.5 Å². The van der Waals surface area contributed by atoms with E-state index >= 15 is 0 Å². The van der Waals surface area contributed by atoms with E-state index in [-0.39, 0.29) is 30.0 Å². The van der Waals surface area contributed by atoms with E-state index in [1.54, 1.807) is 35.4 Å². The van der Waals surface area contributed by atoms with E-state index in [1.807, 2.05) is 66.7 Å². The van der Waals surface area contributed by atoms with Crippen LogP contribution in [0.3, 0.4) is 0 Å². The summed E-state index contributed by atoms with van der Waals surface area (Å²) in [6, 6.07) is 27.5. The third kappa shape index (κ3) is 4.57. The summed E-state index contributed by atoms with van der Waals surface area (Å²) in [6.45, 7) is 0. The summed E-state index contributed by atoms with van der Waals surface area (Å²) in [6.07, 6.45) is 2.56. The Morgan fingerprint density at radius 3 is 2.35 bits per heavy atom. The van der Waals surface area contributed by atoms with Crippen molar-refractivity contribution in [3.8, 4) is 0 Å². The molecule has 0 saturated carbocycles. The highest BCUT2D eigenvalue weighted by Gasteiger charge is 2.42. The Labute approximate surface area is 226 Å². The third-order valence-electron chi connectivity index (χ3n) is 6.86. The number of Topliss-reactive ketones (excluding diaryl/α,β-unsaturated/α-hetero) is 1. The normalized spacial score (nSPS) is 18.7. The first-order chi connectivity index (χ1) is 17.6. The lowest BCUT2D eigenvalue weighted by molar-refractivity contribution is -0.116. The van der Waals surface area contributed by atoms with Gasteiger partial charge in [-0.05, 0) is 60.5 Å². The van der Waals surface area contributed by atoms with Gasteiger partial charge in [0.2, 0.25) is 0 Å². The van der Waals surface area contributed by atoms with E-state index in [2.05, 4.69) is 5.32 Å². The number of ketones is 1. The van der Waals surface area contributed by atoms with Crippen molar-refractivity contribution < 1.29 is 14.0 Å². The van der Waals surface area contributed by atoms with Crippen molar-refractivity contribution in [3.05, 3.63) is 130 Å². The molecule has 4 aromatic rings. The molecule has 2 atom stereocenters. The molecule has 0 saturated heterocycles. The average molecular weight is 531 g/mol. The zero-order valence-corrected chi connectivity index (χ0v) is 21.3. The topological polar surface area (TPSA) is 62.6 Å². The van der Waals surface area contributed by atoms with Crippen LogP contribution in [0, 0.1) is 0 Å². The second kappa shape index (κ2) is 10.3. The Balaban J connectivity index is 0.00000280. The van der Waals surface area contributed by atoms with Crippen molar-refractivity contribution in [1.82, 2.24) is 0 Å². The van der Waals surface area contributed by atoms with Crippen LogP contribution in [0.15, 0.2) is 113 Å². The molecule has 3 aromatic carbocycles. The minimum Gasteiger partial charge on any atom is -0.469 e. The zero-order valence-electron chi connectivity index (χ0n) is 19.8.